The topological polar surface area (TPSA) is 269 Å². The maximum absolute atomic E-state index is 14.0. The van der Waals surface area contributed by atoms with Gasteiger partial charge in [-0.2, -0.15) is 9.97 Å². The summed E-state index contributed by atoms with van der Waals surface area (Å²) in [5.74, 6) is -0.0874. The normalized spacial score (nSPS) is 17.8. The molecule has 2 aliphatic heterocycles. The largest absolute Gasteiger partial charge is 0.497 e. The third-order valence-electron chi connectivity index (χ3n) is 13.8. The predicted octanol–water partition coefficient (Wildman–Crippen LogP) is 9.44. The number of fused-ring (bicyclic) bond motifs is 2. The van der Waals surface area contributed by atoms with E-state index in [4.69, 9.17) is 43.1 Å². The van der Waals surface area contributed by atoms with Crippen molar-refractivity contribution in [1.82, 2.24) is 40.4 Å². The molecule has 0 aliphatic carbocycles. The molecular formula is C63H78N8O14. The summed E-state index contributed by atoms with van der Waals surface area (Å²) in [6.45, 7) is 21.3. The van der Waals surface area contributed by atoms with Crippen LogP contribution in [0.5, 0.6) is 23.3 Å². The zero-order valence-electron chi connectivity index (χ0n) is 51.0. The van der Waals surface area contributed by atoms with Crippen LogP contribution in [0.15, 0.2) is 97.1 Å². The standard InChI is InChI=1S/C32H40N4O7.C31H38N4O7/c1-31(2,3)25(34-30(39)43-32(4,5)6)28(37)36-18-21(17-24(36)29(38)41-8)42-27-22-16-20(40-7)14-15-23(22)33-26(35-27)19-12-10-9-11-13-19;1-30(2,3)24(33-29(39)42-31(4,5)6)27(36)35-17-20(16-23(35)28(37)38)41-26-21-15-19(40-7)13-14-22(21)32-25(34-26)18-11-9-8-10-12-18/h9-16,21,24-25H,17-18H2,1-8H3,(H,34,39);8-15,20,23-24H,16-17H2,1-7H3,(H,33,39)(H,37,38)/t21-,24?,25-;20-,23?,24-/m11/s1. The van der Waals surface area contributed by atoms with Gasteiger partial charge in [-0.15, -0.1) is 0 Å². The Labute approximate surface area is 495 Å². The number of methoxy groups -OCH3 is 3. The smallest absolute Gasteiger partial charge is 0.408 e. The van der Waals surface area contributed by atoms with Crippen LogP contribution in [0.3, 0.4) is 0 Å². The highest BCUT2D eigenvalue weighted by molar-refractivity contribution is 5.93. The Hall–Kier alpha value is -8.82. The summed E-state index contributed by atoms with van der Waals surface area (Å²) in [4.78, 5) is 99.9. The van der Waals surface area contributed by atoms with Gasteiger partial charge in [-0.1, -0.05) is 102 Å². The number of esters is 1. The first-order valence-corrected chi connectivity index (χ1v) is 27.9. The molecule has 0 saturated carbocycles. The summed E-state index contributed by atoms with van der Waals surface area (Å²) < 4.78 is 39.5. The van der Waals surface area contributed by atoms with Gasteiger partial charge in [0.25, 0.3) is 0 Å². The maximum Gasteiger partial charge on any atom is 0.408 e. The number of aliphatic carboxylic acids is 1. The molecule has 454 valence electrons. The lowest BCUT2D eigenvalue weighted by Gasteiger charge is -2.35. The lowest BCUT2D eigenvalue weighted by Crippen LogP contribution is -2.57. The van der Waals surface area contributed by atoms with E-state index in [2.05, 4.69) is 20.6 Å². The van der Waals surface area contributed by atoms with E-state index in [0.29, 0.717) is 50.8 Å². The molecule has 6 aromatic rings. The van der Waals surface area contributed by atoms with E-state index in [-0.39, 0.29) is 31.8 Å². The van der Waals surface area contributed by atoms with Crippen molar-refractivity contribution in [2.45, 2.75) is 144 Å². The first-order valence-electron chi connectivity index (χ1n) is 27.9. The van der Waals surface area contributed by atoms with Crippen LogP contribution in [0, 0.1) is 10.8 Å². The number of carboxylic acids is 1. The van der Waals surface area contributed by atoms with Gasteiger partial charge < -0.3 is 58.7 Å². The number of carbonyl (C=O) groups is 6. The first kappa shape index (κ1) is 63.8. The minimum atomic E-state index is -1.17. The highest BCUT2D eigenvalue weighted by atomic mass is 16.6. The van der Waals surface area contributed by atoms with Gasteiger partial charge in [-0.25, -0.2) is 29.1 Å². The molecule has 0 spiro atoms. The molecule has 8 rings (SSSR count). The van der Waals surface area contributed by atoms with Crippen LogP contribution < -0.4 is 29.6 Å². The summed E-state index contributed by atoms with van der Waals surface area (Å²) >= 11 is 0. The Bertz CT molecular complexity index is 3390. The molecule has 4 heterocycles. The van der Waals surface area contributed by atoms with Gasteiger partial charge in [0, 0.05) is 24.0 Å². The number of amides is 4. The molecule has 85 heavy (non-hydrogen) atoms. The number of nitrogens with one attached hydrogen (secondary N) is 2. The summed E-state index contributed by atoms with van der Waals surface area (Å²) in [6.07, 6.45) is -2.59. The first-order chi connectivity index (χ1) is 39.9. The van der Waals surface area contributed by atoms with E-state index >= 15 is 0 Å². The molecule has 6 atom stereocenters. The number of likely N-dealkylation sites (tertiary alicyclic amines) is 2. The molecule has 2 aromatic heterocycles. The second-order valence-electron chi connectivity index (χ2n) is 24.9. The van der Waals surface area contributed by atoms with Crippen molar-refractivity contribution in [3.63, 3.8) is 0 Å². The van der Waals surface area contributed by atoms with Crippen LogP contribution in [0.1, 0.15) is 95.9 Å². The fourth-order valence-electron chi connectivity index (χ4n) is 9.67. The van der Waals surface area contributed by atoms with Gasteiger partial charge in [0.15, 0.2) is 11.6 Å². The number of hydrogen-bond acceptors (Lipinski definition) is 17. The zero-order chi connectivity index (χ0) is 62.3. The Morgan fingerprint density at radius 1 is 0.529 bits per heavy atom. The zero-order valence-corrected chi connectivity index (χ0v) is 51.0. The number of rotatable bonds is 14. The van der Waals surface area contributed by atoms with Crippen LogP contribution in [0.25, 0.3) is 44.6 Å². The van der Waals surface area contributed by atoms with Crippen molar-refractivity contribution < 1.29 is 67.0 Å². The van der Waals surface area contributed by atoms with Crippen molar-refractivity contribution >= 4 is 57.7 Å². The number of benzene rings is 4. The maximum atomic E-state index is 14.0. The van der Waals surface area contributed by atoms with E-state index in [0.717, 1.165) is 11.1 Å². The number of alkyl carbamates (subject to hydrolysis) is 2. The SMILES string of the molecule is COC(=O)C1C[C@@H](Oc2nc(-c3ccccc3)nc3ccc(OC)cc23)CN1C(=O)[C@@H](NC(=O)OC(C)(C)C)C(C)(C)C.COc1ccc2nc(-c3ccccc3)nc(O[C@@H]3CC(C(=O)O)N(C(=O)[C@@H](NC(=O)OC(C)(C)C)C(C)(C)C)C3)c2c1. The summed E-state index contributed by atoms with van der Waals surface area (Å²) in [6, 6.07) is 25.6. The van der Waals surface area contributed by atoms with Gasteiger partial charge in [-0.05, 0) is 88.8 Å². The van der Waals surface area contributed by atoms with Crippen LogP contribution in [-0.2, 0) is 33.4 Å². The Morgan fingerprint density at radius 3 is 1.25 bits per heavy atom. The summed E-state index contributed by atoms with van der Waals surface area (Å²) in [5.41, 5.74) is -0.0949. The fourth-order valence-corrected chi connectivity index (χ4v) is 9.67. The highest BCUT2D eigenvalue weighted by Crippen LogP contribution is 2.36. The minimum absolute atomic E-state index is 0.0193. The predicted molar refractivity (Wildman–Crippen MR) is 317 cm³/mol. The van der Waals surface area contributed by atoms with Crippen LogP contribution in [0.2, 0.25) is 0 Å². The molecule has 0 radical (unpaired) electrons. The molecule has 4 amide bonds. The molecule has 4 aromatic carbocycles. The van der Waals surface area contributed by atoms with Gasteiger partial charge in [0.05, 0.1) is 56.2 Å². The lowest BCUT2D eigenvalue weighted by atomic mass is 9.85. The van der Waals surface area contributed by atoms with Crippen molar-refractivity contribution in [2.24, 2.45) is 10.8 Å². The number of carboxylic acid groups (broad SMARTS) is 1. The number of nitrogens with zero attached hydrogens (tertiary/aromatic N) is 6. The van der Waals surface area contributed by atoms with Crippen LogP contribution in [0.4, 0.5) is 9.59 Å². The van der Waals surface area contributed by atoms with Crippen LogP contribution in [-0.4, -0.2) is 153 Å². The molecular weight excluding hydrogens is 1090 g/mol. The van der Waals surface area contributed by atoms with Crippen molar-refractivity contribution in [2.75, 3.05) is 34.4 Å². The second kappa shape index (κ2) is 26.0. The third kappa shape index (κ3) is 16.3. The number of ether oxygens (including phenoxy) is 7. The summed E-state index contributed by atoms with van der Waals surface area (Å²) in [7, 11) is 4.39. The highest BCUT2D eigenvalue weighted by Gasteiger charge is 2.48. The van der Waals surface area contributed by atoms with Crippen molar-refractivity contribution in [3.05, 3.63) is 97.1 Å². The van der Waals surface area contributed by atoms with E-state index in [1.54, 1.807) is 107 Å². The molecule has 3 N–H and O–H groups in total. The van der Waals surface area contributed by atoms with Gasteiger partial charge >= 0.3 is 24.1 Å². The van der Waals surface area contributed by atoms with Crippen LogP contribution >= 0.6 is 0 Å². The van der Waals surface area contributed by atoms with E-state index in [9.17, 15) is 33.9 Å². The molecule has 2 unspecified atom stereocenters. The molecule has 2 aliphatic rings. The Balaban J connectivity index is 0.000000244. The minimum Gasteiger partial charge on any atom is -0.497 e. The monoisotopic (exact) mass is 1170 g/mol. The Kier molecular flexibility index (Phi) is 19.5. The van der Waals surface area contributed by atoms with Gasteiger partial charge in [0.2, 0.25) is 23.6 Å². The third-order valence-corrected chi connectivity index (χ3v) is 13.8. The Morgan fingerprint density at radius 2 is 0.906 bits per heavy atom. The van der Waals surface area contributed by atoms with E-state index < -0.39 is 94.3 Å². The molecule has 22 heteroatoms. The van der Waals surface area contributed by atoms with Crippen molar-refractivity contribution in [3.8, 4) is 46.0 Å². The average molecular weight is 1170 g/mol. The van der Waals surface area contributed by atoms with E-state index in [1.807, 2.05) is 87.5 Å². The quantitative estimate of drug-likeness (QED) is 0.0676. The number of hydrogen-bond donors (Lipinski definition) is 3. The molecule has 22 nitrogen and oxygen atoms in total. The van der Waals surface area contributed by atoms with Crippen molar-refractivity contribution in [1.29, 1.82) is 0 Å². The molecule has 2 saturated heterocycles. The van der Waals surface area contributed by atoms with Gasteiger partial charge in [0.1, 0.15) is 59.1 Å². The second-order valence-corrected chi connectivity index (χ2v) is 24.9. The molecule has 0 bridgehead atoms. The average Bonchev–Trinajstić information content (AvgIpc) is 2.19. The number of carbonyl (C=O) groups excluding carboxylic acids is 5. The number of aromatic nitrogens is 4. The lowest BCUT2D eigenvalue weighted by molar-refractivity contribution is -0.152. The van der Waals surface area contributed by atoms with Gasteiger partial charge in [-0.3, -0.25) is 9.59 Å². The van der Waals surface area contributed by atoms with E-state index in [1.165, 1.54) is 16.9 Å². The molecule has 2 fully saturated rings. The summed E-state index contributed by atoms with van der Waals surface area (Å²) in [5, 5.41) is 16.6. The fraction of sp³-hybridized carbons (Fsp3) is 0.460.